The summed E-state index contributed by atoms with van der Waals surface area (Å²) in [6.07, 6.45) is 3.93. The van der Waals surface area contributed by atoms with E-state index in [1.807, 2.05) is 42.5 Å². The van der Waals surface area contributed by atoms with Gasteiger partial charge in [0.2, 0.25) is 5.95 Å². The topological polar surface area (TPSA) is 139 Å². The number of hydrogen-bond donors (Lipinski definition) is 2. The van der Waals surface area contributed by atoms with Crippen molar-refractivity contribution in [1.82, 2.24) is 34.2 Å². The number of imidazole rings is 1. The average Bonchev–Trinajstić information content (AvgIpc) is 3.53. The highest BCUT2D eigenvalue weighted by Crippen LogP contribution is 2.14. The van der Waals surface area contributed by atoms with Crippen molar-refractivity contribution in [2.75, 3.05) is 7.05 Å². The first-order chi connectivity index (χ1) is 17.4. The highest BCUT2D eigenvalue weighted by atomic mass is 16.4. The lowest BCUT2D eigenvalue weighted by Gasteiger charge is -2.17. The van der Waals surface area contributed by atoms with Crippen molar-refractivity contribution in [2.24, 2.45) is 0 Å². The van der Waals surface area contributed by atoms with Crippen LogP contribution in [0, 0.1) is 0 Å². The molecule has 180 valence electrons. The molecular weight excluding hydrogens is 462 g/mol. The lowest BCUT2D eigenvalue weighted by molar-refractivity contribution is 0.0696. The fourth-order valence-corrected chi connectivity index (χ4v) is 3.85. The number of aromatic carboxylic acids is 1. The smallest absolute Gasteiger partial charge is 0.338 e. The fraction of sp³-hybridized carbons (Fsp3) is 0.120. The number of carbonyl (C=O) groups is 2. The van der Waals surface area contributed by atoms with Gasteiger partial charge in [-0.05, 0) is 23.3 Å². The third kappa shape index (κ3) is 4.49. The number of fused-ring (bicyclic) bond motifs is 1. The van der Waals surface area contributed by atoms with E-state index in [0.29, 0.717) is 18.7 Å². The van der Waals surface area contributed by atoms with E-state index in [1.165, 1.54) is 23.4 Å². The minimum Gasteiger partial charge on any atom is -0.478 e. The van der Waals surface area contributed by atoms with E-state index in [0.717, 1.165) is 11.1 Å². The Morgan fingerprint density at radius 1 is 1.03 bits per heavy atom. The van der Waals surface area contributed by atoms with Crippen LogP contribution in [0.5, 0.6) is 0 Å². The van der Waals surface area contributed by atoms with Gasteiger partial charge in [0, 0.05) is 31.9 Å². The van der Waals surface area contributed by atoms with Crippen molar-refractivity contribution in [3.05, 3.63) is 106 Å². The first-order valence-corrected chi connectivity index (χ1v) is 11.0. The minimum atomic E-state index is -1.13. The standard InChI is InChI=1S/C25H21N7O4/c1-30(12-16-5-3-2-4-6-16)23(34)18-9-7-17(8-10-18)13-31-15-26-21-20(31)22(33)29-25(28-21)32-14-19(11-27-32)24(35)36/h2-11,14-15H,12-13H2,1H3,(H,35,36)(H,28,29,33). The molecule has 11 heteroatoms. The molecular formula is C25H21N7O4. The quantitative estimate of drug-likeness (QED) is 0.362. The lowest BCUT2D eigenvalue weighted by atomic mass is 10.1. The number of rotatable bonds is 7. The summed E-state index contributed by atoms with van der Waals surface area (Å²) in [6, 6.07) is 17.0. The van der Waals surface area contributed by atoms with E-state index in [-0.39, 0.29) is 28.6 Å². The van der Waals surface area contributed by atoms with Crippen LogP contribution < -0.4 is 5.56 Å². The summed E-state index contributed by atoms with van der Waals surface area (Å²) in [7, 11) is 1.76. The molecule has 5 aromatic rings. The number of carbonyl (C=O) groups excluding carboxylic acids is 1. The number of amides is 1. The summed E-state index contributed by atoms with van der Waals surface area (Å²) < 4.78 is 2.84. The first kappa shape index (κ1) is 22.7. The molecule has 5 rings (SSSR count). The molecule has 3 aromatic heterocycles. The molecule has 0 saturated heterocycles. The normalized spacial score (nSPS) is 11.0. The van der Waals surface area contributed by atoms with Gasteiger partial charge in [-0.2, -0.15) is 10.1 Å². The number of H-pyrrole nitrogens is 1. The molecule has 0 aliphatic heterocycles. The monoisotopic (exact) mass is 483 g/mol. The van der Waals surface area contributed by atoms with E-state index < -0.39 is 11.5 Å². The van der Waals surface area contributed by atoms with E-state index >= 15 is 0 Å². The molecule has 0 unspecified atom stereocenters. The molecule has 0 radical (unpaired) electrons. The number of nitrogens with zero attached hydrogens (tertiary/aromatic N) is 6. The van der Waals surface area contributed by atoms with Crippen LogP contribution in [-0.4, -0.2) is 58.2 Å². The maximum absolute atomic E-state index is 12.8. The highest BCUT2D eigenvalue weighted by Gasteiger charge is 2.15. The molecule has 0 spiro atoms. The van der Waals surface area contributed by atoms with Crippen molar-refractivity contribution in [2.45, 2.75) is 13.1 Å². The van der Waals surface area contributed by atoms with Crippen molar-refractivity contribution < 1.29 is 14.7 Å². The molecule has 2 N–H and O–H groups in total. The maximum Gasteiger partial charge on any atom is 0.338 e. The van der Waals surface area contributed by atoms with E-state index in [1.54, 1.807) is 28.6 Å². The average molecular weight is 483 g/mol. The van der Waals surface area contributed by atoms with Crippen LogP contribution in [0.4, 0.5) is 0 Å². The molecule has 0 aliphatic rings. The Kier molecular flexibility index (Phi) is 5.87. The van der Waals surface area contributed by atoms with Gasteiger partial charge in [-0.25, -0.2) is 14.5 Å². The number of aromatic amines is 1. The van der Waals surface area contributed by atoms with Crippen LogP contribution in [0.15, 0.2) is 78.1 Å². The molecule has 11 nitrogen and oxygen atoms in total. The number of hydrogen-bond acceptors (Lipinski definition) is 6. The zero-order chi connectivity index (χ0) is 25.2. The Labute approximate surface area is 204 Å². The summed E-state index contributed by atoms with van der Waals surface area (Å²) in [4.78, 5) is 49.5. The van der Waals surface area contributed by atoms with Crippen LogP contribution >= 0.6 is 0 Å². The Balaban J connectivity index is 1.33. The second kappa shape index (κ2) is 9.29. The number of aromatic nitrogens is 6. The summed E-state index contributed by atoms with van der Waals surface area (Å²) >= 11 is 0. The van der Waals surface area contributed by atoms with Crippen molar-refractivity contribution in [1.29, 1.82) is 0 Å². The van der Waals surface area contributed by atoms with Gasteiger partial charge in [-0.1, -0.05) is 42.5 Å². The largest absolute Gasteiger partial charge is 0.478 e. The van der Waals surface area contributed by atoms with Crippen molar-refractivity contribution in [3.8, 4) is 5.95 Å². The lowest BCUT2D eigenvalue weighted by Crippen LogP contribution is -2.26. The molecule has 36 heavy (non-hydrogen) atoms. The van der Waals surface area contributed by atoms with Gasteiger partial charge in [-0.3, -0.25) is 14.6 Å². The molecule has 0 aliphatic carbocycles. The van der Waals surface area contributed by atoms with Crippen LogP contribution in [0.1, 0.15) is 31.8 Å². The van der Waals surface area contributed by atoms with Gasteiger partial charge in [0.1, 0.15) is 0 Å². The van der Waals surface area contributed by atoms with Gasteiger partial charge in [-0.15, -0.1) is 0 Å². The zero-order valence-corrected chi connectivity index (χ0v) is 19.2. The van der Waals surface area contributed by atoms with Gasteiger partial charge in [0.25, 0.3) is 11.5 Å². The highest BCUT2D eigenvalue weighted by molar-refractivity contribution is 5.94. The van der Waals surface area contributed by atoms with Crippen LogP contribution in [0.3, 0.4) is 0 Å². The minimum absolute atomic E-state index is 0.0311. The molecule has 2 aromatic carbocycles. The summed E-state index contributed by atoms with van der Waals surface area (Å²) in [5.41, 5.74) is 2.50. The van der Waals surface area contributed by atoms with E-state index in [4.69, 9.17) is 5.11 Å². The third-order valence-corrected chi connectivity index (χ3v) is 5.68. The van der Waals surface area contributed by atoms with Gasteiger partial charge >= 0.3 is 5.97 Å². The predicted octanol–water partition coefficient (Wildman–Crippen LogP) is 2.32. The van der Waals surface area contributed by atoms with Crippen molar-refractivity contribution >= 4 is 23.0 Å². The van der Waals surface area contributed by atoms with Crippen LogP contribution in [0.25, 0.3) is 17.1 Å². The Bertz CT molecular complexity index is 1620. The number of carboxylic acid groups (broad SMARTS) is 1. The zero-order valence-electron chi connectivity index (χ0n) is 19.2. The molecule has 3 heterocycles. The van der Waals surface area contributed by atoms with Crippen LogP contribution in [-0.2, 0) is 13.1 Å². The van der Waals surface area contributed by atoms with Gasteiger partial charge in [0.15, 0.2) is 11.2 Å². The molecule has 0 fully saturated rings. The number of benzene rings is 2. The van der Waals surface area contributed by atoms with E-state index in [9.17, 15) is 14.4 Å². The second-order valence-corrected chi connectivity index (χ2v) is 8.26. The molecule has 0 saturated carbocycles. The SMILES string of the molecule is CN(Cc1ccccc1)C(=O)c1ccc(Cn2cnc3nc(-n4cc(C(=O)O)cn4)[nH]c(=O)c32)cc1. The van der Waals surface area contributed by atoms with Gasteiger partial charge < -0.3 is 14.6 Å². The maximum atomic E-state index is 12.8. The summed E-state index contributed by atoms with van der Waals surface area (Å²) in [5.74, 6) is -1.16. The summed E-state index contributed by atoms with van der Waals surface area (Å²) in [6.45, 7) is 0.857. The Hall–Kier alpha value is -5.06. The van der Waals surface area contributed by atoms with Gasteiger partial charge in [0.05, 0.1) is 18.1 Å². The first-order valence-electron chi connectivity index (χ1n) is 11.0. The molecule has 0 atom stereocenters. The Morgan fingerprint density at radius 2 is 1.78 bits per heavy atom. The predicted molar refractivity (Wildman–Crippen MR) is 130 cm³/mol. The second-order valence-electron chi connectivity index (χ2n) is 8.26. The van der Waals surface area contributed by atoms with E-state index in [2.05, 4.69) is 20.1 Å². The number of carboxylic acids is 1. The number of nitrogens with one attached hydrogen (secondary N) is 1. The fourth-order valence-electron chi connectivity index (χ4n) is 3.85. The Morgan fingerprint density at radius 3 is 2.47 bits per heavy atom. The van der Waals surface area contributed by atoms with Crippen LogP contribution in [0.2, 0.25) is 0 Å². The third-order valence-electron chi connectivity index (χ3n) is 5.68. The molecule has 0 bridgehead atoms. The summed E-state index contributed by atoms with van der Waals surface area (Å²) in [5, 5.41) is 13.0. The molecule has 1 amide bonds. The van der Waals surface area contributed by atoms with Crippen molar-refractivity contribution in [3.63, 3.8) is 0 Å².